The highest BCUT2D eigenvalue weighted by Gasteiger charge is 2.27. The second-order valence-corrected chi connectivity index (χ2v) is 8.68. The van der Waals surface area contributed by atoms with Crippen LogP contribution in [0.25, 0.3) is 22.0 Å². The maximum atomic E-state index is 13.1. The summed E-state index contributed by atoms with van der Waals surface area (Å²) in [4.78, 5) is 19.5. The van der Waals surface area contributed by atoms with Gasteiger partial charge in [-0.2, -0.15) is 10.1 Å². The van der Waals surface area contributed by atoms with Crippen LogP contribution in [0.1, 0.15) is 26.8 Å². The van der Waals surface area contributed by atoms with E-state index in [1.807, 2.05) is 17.5 Å². The highest BCUT2D eigenvalue weighted by Crippen LogP contribution is 2.42. The molecule has 0 atom stereocenters. The molecule has 1 aliphatic heterocycles. The highest BCUT2D eigenvalue weighted by atomic mass is 32.1. The molecule has 1 amide bonds. The second kappa shape index (κ2) is 7.21. The Morgan fingerprint density at radius 2 is 2.28 bits per heavy atom. The molecule has 29 heavy (non-hydrogen) atoms. The molecule has 0 saturated heterocycles. The van der Waals surface area contributed by atoms with Crippen molar-refractivity contribution in [3.63, 3.8) is 0 Å². The lowest BCUT2D eigenvalue weighted by Crippen LogP contribution is -2.16. The molecule has 5 heterocycles. The molecule has 0 aromatic carbocycles. The Labute approximate surface area is 174 Å². The Kier molecular flexibility index (Phi) is 4.53. The number of fused-ring (bicyclic) bond motifs is 1. The minimum atomic E-state index is -0.236. The molecule has 8 nitrogen and oxygen atoms in total. The van der Waals surface area contributed by atoms with Gasteiger partial charge in [-0.25, -0.2) is 0 Å². The zero-order valence-electron chi connectivity index (χ0n) is 15.8. The summed E-state index contributed by atoms with van der Waals surface area (Å²) in [5, 5.41) is 14.1. The van der Waals surface area contributed by atoms with Gasteiger partial charge in [-0.3, -0.25) is 9.48 Å². The van der Waals surface area contributed by atoms with E-state index in [9.17, 15) is 4.79 Å². The number of aromatic nitrogens is 4. The SMILES string of the molecule is Cc1noc(-c2c(NC(=O)c3cc(-c4cccs4)nn3C)sc3c2CCOC3)n1. The van der Waals surface area contributed by atoms with Gasteiger partial charge in [0.15, 0.2) is 5.82 Å². The van der Waals surface area contributed by atoms with E-state index < -0.39 is 0 Å². The first-order valence-corrected chi connectivity index (χ1v) is 10.7. The summed E-state index contributed by atoms with van der Waals surface area (Å²) in [6.45, 7) is 2.92. The number of aryl methyl sites for hydroxylation is 2. The number of carbonyl (C=O) groups excluding carboxylic acids is 1. The van der Waals surface area contributed by atoms with Gasteiger partial charge in [0.25, 0.3) is 11.8 Å². The summed E-state index contributed by atoms with van der Waals surface area (Å²) in [5.74, 6) is 0.734. The maximum Gasteiger partial charge on any atom is 0.274 e. The normalized spacial score (nSPS) is 13.4. The first kappa shape index (κ1) is 18.2. The number of thiophene rings is 2. The molecule has 148 valence electrons. The van der Waals surface area contributed by atoms with Gasteiger partial charge in [-0.1, -0.05) is 11.2 Å². The summed E-state index contributed by atoms with van der Waals surface area (Å²) in [6.07, 6.45) is 0.743. The fourth-order valence-corrected chi connectivity index (χ4v) is 5.19. The average molecular weight is 428 g/mol. The summed E-state index contributed by atoms with van der Waals surface area (Å²) in [6, 6.07) is 5.75. The van der Waals surface area contributed by atoms with Crippen LogP contribution in [0.15, 0.2) is 28.1 Å². The molecule has 0 spiro atoms. The van der Waals surface area contributed by atoms with E-state index in [1.54, 1.807) is 36.1 Å². The van der Waals surface area contributed by atoms with E-state index in [4.69, 9.17) is 9.26 Å². The molecule has 0 bridgehead atoms. The van der Waals surface area contributed by atoms with Crippen molar-refractivity contribution < 1.29 is 14.1 Å². The van der Waals surface area contributed by atoms with Gasteiger partial charge in [0.2, 0.25) is 0 Å². The van der Waals surface area contributed by atoms with Gasteiger partial charge >= 0.3 is 0 Å². The van der Waals surface area contributed by atoms with Gasteiger partial charge in [0.1, 0.15) is 16.4 Å². The number of nitrogens with one attached hydrogen (secondary N) is 1. The molecule has 4 aromatic heterocycles. The van der Waals surface area contributed by atoms with Crippen LogP contribution in [-0.4, -0.2) is 32.4 Å². The molecule has 0 radical (unpaired) electrons. The van der Waals surface area contributed by atoms with E-state index in [-0.39, 0.29) is 5.91 Å². The van der Waals surface area contributed by atoms with Crippen LogP contribution in [0.5, 0.6) is 0 Å². The molecule has 1 aliphatic rings. The lowest BCUT2D eigenvalue weighted by Gasteiger charge is -2.12. The zero-order chi connectivity index (χ0) is 20.0. The summed E-state index contributed by atoms with van der Waals surface area (Å²) < 4.78 is 12.6. The topological polar surface area (TPSA) is 95.1 Å². The molecule has 10 heteroatoms. The number of anilines is 1. The first-order chi connectivity index (χ1) is 14.1. The fourth-order valence-electron chi connectivity index (χ4n) is 3.34. The third kappa shape index (κ3) is 3.28. The number of hydrogen-bond acceptors (Lipinski definition) is 8. The number of nitrogens with zero attached hydrogens (tertiary/aromatic N) is 4. The van der Waals surface area contributed by atoms with Crippen LogP contribution < -0.4 is 5.32 Å². The van der Waals surface area contributed by atoms with Crippen LogP contribution in [0.2, 0.25) is 0 Å². The minimum Gasteiger partial charge on any atom is -0.376 e. The largest absolute Gasteiger partial charge is 0.376 e. The number of hydrogen-bond donors (Lipinski definition) is 1. The second-order valence-electron chi connectivity index (χ2n) is 6.63. The highest BCUT2D eigenvalue weighted by molar-refractivity contribution is 7.17. The molecule has 0 unspecified atom stereocenters. The molecule has 0 fully saturated rings. The van der Waals surface area contributed by atoms with Crippen LogP contribution in [0.4, 0.5) is 5.00 Å². The first-order valence-electron chi connectivity index (χ1n) is 9.02. The van der Waals surface area contributed by atoms with Crippen molar-refractivity contribution in [1.82, 2.24) is 19.9 Å². The third-order valence-corrected chi connectivity index (χ3v) is 6.69. The summed E-state index contributed by atoms with van der Waals surface area (Å²) in [7, 11) is 1.77. The van der Waals surface area contributed by atoms with E-state index in [2.05, 4.69) is 20.6 Å². The minimum absolute atomic E-state index is 0.236. The van der Waals surface area contributed by atoms with Crippen LogP contribution >= 0.6 is 22.7 Å². The molecule has 0 aliphatic carbocycles. The van der Waals surface area contributed by atoms with Crippen molar-refractivity contribution in [3.8, 4) is 22.0 Å². The molecule has 0 saturated carbocycles. The van der Waals surface area contributed by atoms with Crippen molar-refractivity contribution in [2.24, 2.45) is 7.05 Å². The molecule has 1 N–H and O–H groups in total. The zero-order valence-corrected chi connectivity index (χ0v) is 17.4. The lowest BCUT2D eigenvalue weighted by atomic mass is 10.1. The van der Waals surface area contributed by atoms with Crippen LogP contribution in [0, 0.1) is 6.92 Å². The van der Waals surface area contributed by atoms with Crippen LogP contribution in [0.3, 0.4) is 0 Å². The molecule has 4 aromatic rings. The Balaban J connectivity index is 1.51. The van der Waals surface area contributed by atoms with Gasteiger partial charge in [-0.05, 0) is 36.4 Å². The van der Waals surface area contributed by atoms with Crippen molar-refractivity contribution in [2.45, 2.75) is 20.0 Å². The fraction of sp³-hybridized carbons (Fsp3) is 0.263. The predicted octanol–water partition coefficient (Wildman–Crippen LogP) is 3.89. The van der Waals surface area contributed by atoms with Gasteiger partial charge < -0.3 is 14.6 Å². The van der Waals surface area contributed by atoms with Gasteiger partial charge in [0, 0.05) is 11.9 Å². The predicted molar refractivity (Wildman–Crippen MR) is 110 cm³/mol. The van der Waals surface area contributed by atoms with Crippen LogP contribution in [-0.2, 0) is 24.8 Å². The Morgan fingerprint density at radius 1 is 1.38 bits per heavy atom. The van der Waals surface area contributed by atoms with Crippen molar-refractivity contribution in [3.05, 3.63) is 45.5 Å². The smallest absolute Gasteiger partial charge is 0.274 e. The van der Waals surface area contributed by atoms with Crippen molar-refractivity contribution in [2.75, 3.05) is 11.9 Å². The number of ether oxygens (including phenoxy) is 1. The number of carbonyl (C=O) groups is 1. The molecular weight excluding hydrogens is 410 g/mol. The average Bonchev–Trinajstić information content (AvgIpc) is 3.47. The Bertz CT molecular complexity index is 1190. The summed E-state index contributed by atoms with van der Waals surface area (Å²) in [5.41, 5.74) is 3.15. The van der Waals surface area contributed by atoms with E-state index in [1.165, 1.54) is 11.3 Å². The Hall–Kier alpha value is -2.82. The van der Waals surface area contributed by atoms with E-state index >= 15 is 0 Å². The van der Waals surface area contributed by atoms with E-state index in [0.717, 1.165) is 33.0 Å². The lowest BCUT2D eigenvalue weighted by molar-refractivity contribution is 0.101. The van der Waals surface area contributed by atoms with E-state index in [0.29, 0.717) is 35.6 Å². The van der Waals surface area contributed by atoms with Gasteiger partial charge in [0.05, 0.1) is 23.7 Å². The molecule has 5 rings (SSSR count). The summed E-state index contributed by atoms with van der Waals surface area (Å²) >= 11 is 3.07. The number of amides is 1. The third-order valence-electron chi connectivity index (χ3n) is 4.67. The quantitative estimate of drug-likeness (QED) is 0.531. The standard InChI is InChI=1S/C19H17N5O3S2/c1-10-20-18(27-23-10)16-11-5-6-26-9-15(11)29-19(16)21-17(25)13-8-12(22-24(13)2)14-4-3-7-28-14/h3-4,7-8H,5-6,9H2,1-2H3,(H,21,25). The monoisotopic (exact) mass is 427 g/mol. The molecular formula is C19H17N5O3S2. The maximum absolute atomic E-state index is 13.1. The van der Waals surface area contributed by atoms with Crippen molar-refractivity contribution in [1.29, 1.82) is 0 Å². The number of rotatable bonds is 4. The van der Waals surface area contributed by atoms with Crippen molar-refractivity contribution >= 4 is 33.6 Å². The Morgan fingerprint density at radius 3 is 3.03 bits per heavy atom. The van der Waals surface area contributed by atoms with Gasteiger partial charge in [-0.15, -0.1) is 22.7 Å².